The summed E-state index contributed by atoms with van der Waals surface area (Å²) < 4.78 is 16.9. The summed E-state index contributed by atoms with van der Waals surface area (Å²) in [5.74, 6) is -0.885. The number of ether oxygens (including phenoxy) is 3. The fraction of sp³-hybridized carbons (Fsp3) is 0.708. The maximum atomic E-state index is 12.9. The molecule has 6 heteroatoms. The minimum atomic E-state index is -0.782. The first-order valence-electron chi connectivity index (χ1n) is 32.9. The topological polar surface area (TPSA) is 78.9 Å². The minimum Gasteiger partial charge on any atom is -0.462 e. The van der Waals surface area contributed by atoms with Crippen molar-refractivity contribution in [3.8, 4) is 0 Å². The molecule has 6 nitrogen and oxygen atoms in total. The van der Waals surface area contributed by atoms with Gasteiger partial charge >= 0.3 is 17.9 Å². The van der Waals surface area contributed by atoms with E-state index in [2.05, 4.69) is 130 Å². The molecule has 0 aliphatic rings. The lowest BCUT2D eigenvalue weighted by atomic mass is 10.1. The van der Waals surface area contributed by atoms with Gasteiger partial charge in [0.05, 0.1) is 0 Å². The third kappa shape index (κ3) is 62.9. The number of rotatable bonds is 59. The maximum absolute atomic E-state index is 12.9. The molecule has 0 rings (SSSR count). The van der Waals surface area contributed by atoms with Crippen molar-refractivity contribution in [2.75, 3.05) is 13.2 Å². The smallest absolute Gasteiger partial charge is 0.306 e. The third-order valence-corrected chi connectivity index (χ3v) is 14.0. The van der Waals surface area contributed by atoms with Crippen molar-refractivity contribution in [3.63, 3.8) is 0 Å². The Kier molecular flexibility index (Phi) is 62.3. The fourth-order valence-electron chi connectivity index (χ4n) is 9.10. The van der Waals surface area contributed by atoms with E-state index in [0.29, 0.717) is 19.3 Å². The molecule has 1 unspecified atom stereocenters. The first kappa shape index (κ1) is 74.1. The van der Waals surface area contributed by atoms with Gasteiger partial charge in [0.1, 0.15) is 13.2 Å². The van der Waals surface area contributed by atoms with Crippen LogP contribution < -0.4 is 0 Å². The molecule has 0 heterocycles. The highest BCUT2D eigenvalue weighted by atomic mass is 16.6. The van der Waals surface area contributed by atoms with Crippen molar-refractivity contribution in [2.45, 2.75) is 316 Å². The molecule has 0 saturated carbocycles. The molecule has 0 bridgehead atoms. The summed E-state index contributed by atoms with van der Waals surface area (Å²) in [4.78, 5) is 38.2. The fourth-order valence-corrected chi connectivity index (χ4v) is 9.10. The van der Waals surface area contributed by atoms with Gasteiger partial charge in [-0.15, -0.1) is 0 Å². The lowest BCUT2D eigenvalue weighted by Crippen LogP contribution is -2.30. The summed E-state index contributed by atoms with van der Waals surface area (Å²) >= 11 is 0. The molecule has 0 aliphatic heterocycles. The summed E-state index contributed by atoms with van der Waals surface area (Å²) in [6, 6.07) is 0. The normalized spacial score (nSPS) is 12.8. The van der Waals surface area contributed by atoms with Gasteiger partial charge in [0.2, 0.25) is 0 Å². The molecule has 0 aromatic heterocycles. The molecule has 0 radical (unpaired) electrons. The van der Waals surface area contributed by atoms with E-state index in [0.717, 1.165) is 122 Å². The van der Waals surface area contributed by atoms with Crippen molar-refractivity contribution in [1.82, 2.24) is 0 Å². The number of hydrogen-bond donors (Lipinski definition) is 0. The average Bonchev–Trinajstić information content (AvgIpc) is 3.44. The second-order valence-electron chi connectivity index (χ2n) is 21.6. The van der Waals surface area contributed by atoms with Crippen LogP contribution in [0, 0.1) is 0 Å². The van der Waals surface area contributed by atoms with Crippen LogP contribution in [0.1, 0.15) is 310 Å². The molecular formula is C72H122O6. The van der Waals surface area contributed by atoms with E-state index >= 15 is 0 Å². The van der Waals surface area contributed by atoms with Crippen molar-refractivity contribution in [3.05, 3.63) is 109 Å². The van der Waals surface area contributed by atoms with Crippen LogP contribution in [0.3, 0.4) is 0 Å². The monoisotopic (exact) mass is 1080 g/mol. The standard InChI is InChI=1S/C72H122O6/c1-4-7-10-13-16-19-22-24-26-27-28-29-30-31-32-33-34-35-36-37-38-39-40-41-42-43-44-45-46-48-50-53-56-59-62-65-71(74)77-68-69(67-76-70(73)64-61-58-55-52-49-21-18-15-12-9-6-3)78-72(75)66-63-60-57-54-51-47-25-23-20-17-14-11-8-5-2/h7,10,16,19,23-26,28-29,31-32,34-35,37-38,40-41,69H,4-6,8-9,11-15,17-18,20-22,27,30,33,36,39,42-68H2,1-3H3/b10-7-,19-16-,25-23-,26-24-,29-28-,32-31-,35-34-,38-37-,41-40-. The molecular weight excluding hydrogens is 961 g/mol. The summed E-state index contributed by atoms with van der Waals surface area (Å²) in [5.41, 5.74) is 0. The Bertz CT molecular complexity index is 1570. The van der Waals surface area contributed by atoms with Gasteiger partial charge in [-0.1, -0.05) is 291 Å². The van der Waals surface area contributed by atoms with Gasteiger partial charge in [-0.05, 0) is 109 Å². The molecule has 1 atom stereocenters. The van der Waals surface area contributed by atoms with Crippen LogP contribution in [0.2, 0.25) is 0 Å². The van der Waals surface area contributed by atoms with Crippen molar-refractivity contribution < 1.29 is 28.6 Å². The van der Waals surface area contributed by atoms with Gasteiger partial charge in [-0.2, -0.15) is 0 Å². The minimum absolute atomic E-state index is 0.0790. The van der Waals surface area contributed by atoms with Crippen LogP contribution >= 0.6 is 0 Å². The van der Waals surface area contributed by atoms with Crippen LogP contribution in [0.15, 0.2) is 109 Å². The summed E-state index contributed by atoms with van der Waals surface area (Å²) in [6.45, 7) is 6.52. The van der Waals surface area contributed by atoms with Gasteiger partial charge in [0, 0.05) is 19.3 Å². The van der Waals surface area contributed by atoms with Gasteiger partial charge in [-0.3, -0.25) is 14.4 Å². The number of allylic oxidation sites excluding steroid dienone is 18. The zero-order valence-electron chi connectivity index (χ0n) is 51.2. The predicted octanol–water partition coefficient (Wildman–Crippen LogP) is 22.6. The second kappa shape index (κ2) is 65.6. The Labute approximate surface area is 482 Å². The van der Waals surface area contributed by atoms with E-state index < -0.39 is 6.10 Å². The first-order chi connectivity index (χ1) is 38.5. The van der Waals surface area contributed by atoms with Gasteiger partial charge in [-0.25, -0.2) is 0 Å². The van der Waals surface area contributed by atoms with Crippen molar-refractivity contribution in [2.24, 2.45) is 0 Å². The Hall–Kier alpha value is -3.93. The summed E-state index contributed by atoms with van der Waals surface area (Å²) in [7, 11) is 0. The van der Waals surface area contributed by atoms with Crippen LogP contribution in [-0.2, 0) is 28.6 Å². The van der Waals surface area contributed by atoms with Gasteiger partial charge in [0.15, 0.2) is 6.10 Å². The Morgan fingerprint density at radius 1 is 0.269 bits per heavy atom. The van der Waals surface area contributed by atoms with Gasteiger partial charge < -0.3 is 14.2 Å². The zero-order valence-corrected chi connectivity index (χ0v) is 51.2. The van der Waals surface area contributed by atoms with E-state index in [9.17, 15) is 14.4 Å². The zero-order chi connectivity index (χ0) is 56.4. The van der Waals surface area contributed by atoms with E-state index in [4.69, 9.17) is 14.2 Å². The predicted molar refractivity (Wildman–Crippen MR) is 339 cm³/mol. The Morgan fingerprint density at radius 3 is 0.795 bits per heavy atom. The molecule has 0 saturated heterocycles. The molecule has 0 N–H and O–H groups in total. The third-order valence-electron chi connectivity index (χ3n) is 14.0. The van der Waals surface area contributed by atoms with Crippen LogP contribution in [0.25, 0.3) is 0 Å². The highest BCUT2D eigenvalue weighted by Gasteiger charge is 2.19. The van der Waals surface area contributed by atoms with Crippen LogP contribution in [-0.4, -0.2) is 37.2 Å². The summed E-state index contributed by atoms with van der Waals surface area (Å²) in [6.07, 6.45) is 89.6. The molecule has 78 heavy (non-hydrogen) atoms. The number of esters is 3. The number of carbonyl (C=O) groups is 3. The molecule has 0 fully saturated rings. The Balaban J connectivity index is 4.17. The van der Waals surface area contributed by atoms with E-state index in [1.807, 2.05) is 0 Å². The lowest BCUT2D eigenvalue weighted by Gasteiger charge is -2.18. The van der Waals surface area contributed by atoms with Crippen LogP contribution in [0.4, 0.5) is 0 Å². The van der Waals surface area contributed by atoms with E-state index in [1.54, 1.807) is 0 Å². The largest absolute Gasteiger partial charge is 0.462 e. The lowest BCUT2D eigenvalue weighted by molar-refractivity contribution is -0.167. The van der Waals surface area contributed by atoms with Crippen LogP contribution in [0.5, 0.6) is 0 Å². The highest BCUT2D eigenvalue weighted by molar-refractivity contribution is 5.71. The van der Waals surface area contributed by atoms with E-state index in [1.165, 1.54) is 148 Å². The maximum Gasteiger partial charge on any atom is 0.306 e. The Morgan fingerprint density at radius 2 is 0.500 bits per heavy atom. The SMILES string of the molecule is CC/C=C\C/C=C\C/C=C\C/C=C\C/C=C\C/C=C\C/C=C\C/C=C\CCCCCCCCCCCCC(=O)OCC(COC(=O)CCCCCCCCCCCCC)OC(=O)CCCCCCC/C=C\CCCCCCC. The summed E-state index contributed by atoms with van der Waals surface area (Å²) in [5, 5.41) is 0. The van der Waals surface area contributed by atoms with E-state index in [-0.39, 0.29) is 31.1 Å². The average molecular weight is 1080 g/mol. The van der Waals surface area contributed by atoms with Gasteiger partial charge in [0.25, 0.3) is 0 Å². The number of carbonyl (C=O) groups excluding carboxylic acids is 3. The molecule has 0 aromatic rings. The molecule has 0 amide bonds. The van der Waals surface area contributed by atoms with Crippen molar-refractivity contribution in [1.29, 1.82) is 0 Å². The molecule has 0 aromatic carbocycles. The molecule has 446 valence electrons. The second-order valence-corrected chi connectivity index (χ2v) is 21.6. The highest BCUT2D eigenvalue weighted by Crippen LogP contribution is 2.16. The van der Waals surface area contributed by atoms with Crippen molar-refractivity contribution >= 4 is 17.9 Å². The number of hydrogen-bond acceptors (Lipinski definition) is 6. The number of unbranched alkanes of at least 4 members (excludes halogenated alkanes) is 30. The quantitative estimate of drug-likeness (QED) is 0.0261. The molecule has 0 aliphatic carbocycles. The first-order valence-corrected chi connectivity index (χ1v) is 32.9. The molecule has 0 spiro atoms.